The standard InChI is InChI=1S/C17H29BrN2/c1-13(2)8-9-20(5)16-7-6-15(17(18)10-16)12-19-11-14(3)4/h6-7,10,13-14,19H,8-9,11-12H2,1-5H3. The molecular formula is C17H29BrN2. The van der Waals surface area contributed by atoms with Crippen LogP contribution < -0.4 is 10.2 Å². The SMILES string of the molecule is CC(C)CCN(C)c1ccc(CNCC(C)C)c(Br)c1. The van der Waals surface area contributed by atoms with Gasteiger partial charge in [0.15, 0.2) is 0 Å². The van der Waals surface area contributed by atoms with E-state index in [1.165, 1.54) is 22.1 Å². The molecule has 0 unspecified atom stereocenters. The van der Waals surface area contributed by atoms with Gasteiger partial charge in [0.05, 0.1) is 0 Å². The number of nitrogens with zero attached hydrogens (tertiary/aromatic N) is 1. The summed E-state index contributed by atoms with van der Waals surface area (Å²) in [6, 6.07) is 6.67. The molecule has 0 spiro atoms. The van der Waals surface area contributed by atoms with E-state index in [1.54, 1.807) is 0 Å². The molecule has 0 radical (unpaired) electrons. The van der Waals surface area contributed by atoms with E-state index in [0.717, 1.165) is 25.6 Å². The largest absolute Gasteiger partial charge is 0.375 e. The first-order valence-corrected chi connectivity index (χ1v) is 8.39. The van der Waals surface area contributed by atoms with Crippen LogP contribution in [-0.2, 0) is 6.54 Å². The zero-order valence-electron chi connectivity index (χ0n) is 13.5. The summed E-state index contributed by atoms with van der Waals surface area (Å²) in [4.78, 5) is 2.33. The normalized spacial score (nSPS) is 11.4. The topological polar surface area (TPSA) is 15.3 Å². The van der Waals surface area contributed by atoms with E-state index in [0.29, 0.717) is 5.92 Å². The summed E-state index contributed by atoms with van der Waals surface area (Å²) in [5, 5.41) is 3.49. The second-order valence-electron chi connectivity index (χ2n) is 6.40. The number of rotatable bonds is 8. The van der Waals surface area contributed by atoms with Gasteiger partial charge in [0.2, 0.25) is 0 Å². The summed E-state index contributed by atoms with van der Waals surface area (Å²) in [6.07, 6.45) is 1.23. The number of anilines is 1. The Kier molecular flexibility index (Phi) is 7.60. The Hall–Kier alpha value is -0.540. The molecular weight excluding hydrogens is 312 g/mol. The molecule has 0 fully saturated rings. The Bertz CT molecular complexity index is 402. The molecule has 2 nitrogen and oxygen atoms in total. The molecule has 0 saturated carbocycles. The van der Waals surface area contributed by atoms with Gasteiger partial charge in [-0.1, -0.05) is 49.7 Å². The van der Waals surface area contributed by atoms with Crippen molar-refractivity contribution in [3.8, 4) is 0 Å². The van der Waals surface area contributed by atoms with Crippen LogP contribution in [0.25, 0.3) is 0 Å². The van der Waals surface area contributed by atoms with E-state index < -0.39 is 0 Å². The first-order valence-electron chi connectivity index (χ1n) is 7.60. The average Bonchev–Trinajstić information content (AvgIpc) is 2.37. The van der Waals surface area contributed by atoms with Crippen LogP contribution in [-0.4, -0.2) is 20.1 Å². The van der Waals surface area contributed by atoms with Crippen LogP contribution in [0.4, 0.5) is 5.69 Å². The highest BCUT2D eigenvalue weighted by atomic mass is 79.9. The first kappa shape index (κ1) is 17.5. The van der Waals surface area contributed by atoms with Crippen molar-refractivity contribution in [2.24, 2.45) is 11.8 Å². The Labute approximate surface area is 133 Å². The molecule has 0 bridgehead atoms. The highest BCUT2D eigenvalue weighted by Crippen LogP contribution is 2.24. The fraction of sp³-hybridized carbons (Fsp3) is 0.647. The zero-order chi connectivity index (χ0) is 15.1. The highest BCUT2D eigenvalue weighted by molar-refractivity contribution is 9.10. The van der Waals surface area contributed by atoms with Gasteiger partial charge >= 0.3 is 0 Å². The van der Waals surface area contributed by atoms with Crippen LogP contribution in [0.5, 0.6) is 0 Å². The summed E-state index contributed by atoms with van der Waals surface area (Å²) in [6.45, 7) is 12.1. The van der Waals surface area contributed by atoms with Crippen molar-refractivity contribution in [2.75, 3.05) is 25.0 Å². The van der Waals surface area contributed by atoms with Crippen LogP contribution in [0.1, 0.15) is 39.7 Å². The van der Waals surface area contributed by atoms with Crippen LogP contribution in [0.15, 0.2) is 22.7 Å². The molecule has 1 N–H and O–H groups in total. The molecule has 1 aromatic rings. The molecule has 0 heterocycles. The minimum atomic E-state index is 0.690. The van der Waals surface area contributed by atoms with E-state index in [1.807, 2.05) is 0 Å². The minimum Gasteiger partial charge on any atom is -0.375 e. The second kappa shape index (κ2) is 8.68. The third-order valence-corrected chi connectivity index (χ3v) is 4.13. The highest BCUT2D eigenvalue weighted by Gasteiger charge is 2.06. The van der Waals surface area contributed by atoms with Crippen molar-refractivity contribution in [1.82, 2.24) is 5.32 Å². The molecule has 20 heavy (non-hydrogen) atoms. The maximum Gasteiger partial charge on any atom is 0.0375 e. The van der Waals surface area contributed by atoms with E-state index in [9.17, 15) is 0 Å². The van der Waals surface area contributed by atoms with Gasteiger partial charge in [-0.05, 0) is 42.5 Å². The molecule has 1 rings (SSSR count). The monoisotopic (exact) mass is 340 g/mol. The lowest BCUT2D eigenvalue weighted by molar-refractivity contribution is 0.551. The summed E-state index contributed by atoms with van der Waals surface area (Å²) in [5.74, 6) is 1.44. The van der Waals surface area contributed by atoms with Gasteiger partial charge in [-0.3, -0.25) is 0 Å². The Morgan fingerprint density at radius 2 is 1.85 bits per heavy atom. The molecule has 114 valence electrons. The molecule has 3 heteroatoms. The van der Waals surface area contributed by atoms with Gasteiger partial charge in [-0.15, -0.1) is 0 Å². The number of hydrogen-bond acceptors (Lipinski definition) is 2. The predicted octanol–water partition coefficient (Wildman–Crippen LogP) is 4.68. The Morgan fingerprint density at radius 3 is 2.40 bits per heavy atom. The molecule has 0 aliphatic carbocycles. The first-order chi connectivity index (χ1) is 9.40. The fourth-order valence-electron chi connectivity index (χ4n) is 1.99. The molecule has 0 amide bonds. The number of nitrogens with one attached hydrogen (secondary N) is 1. The third kappa shape index (κ3) is 6.27. The number of benzene rings is 1. The van der Waals surface area contributed by atoms with Gasteiger partial charge in [-0.2, -0.15) is 0 Å². The Morgan fingerprint density at radius 1 is 1.15 bits per heavy atom. The van der Waals surface area contributed by atoms with E-state index in [2.05, 4.69) is 79.1 Å². The zero-order valence-corrected chi connectivity index (χ0v) is 15.1. The molecule has 0 aromatic heterocycles. The van der Waals surface area contributed by atoms with Crippen molar-refractivity contribution in [1.29, 1.82) is 0 Å². The maximum absolute atomic E-state index is 3.70. The van der Waals surface area contributed by atoms with Gasteiger partial charge in [0.25, 0.3) is 0 Å². The lowest BCUT2D eigenvalue weighted by Gasteiger charge is -2.21. The van der Waals surface area contributed by atoms with Gasteiger partial charge in [-0.25, -0.2) is 0 Å². The van der Waals surface area contributed by atoms with Gasteiger partial charge in [0.1, 0.15) is 0 Å². The average molecular weight is 341 g/mol. The van der Waals surface area contributed by atoms with Crippen LogP contribution in [0, 0.1) is 11.8 Å². The van der Waals surface area contributed by atoms with E-state index >= 15 is 0 Å². The summed E-state index contributed by atoms with van der Waals surface area (Å²) in [5.41, 5.74) is 2.61. The van der Waals surface area contributed by atoms with Crippen LogP contribution >= 0.6 is 15.9 Å². The van der Waals surface area contributed by atoms with Crippen molar-refractivity contribution in [3.05, 3.63) is 28.2 Å². The smallest absolute Gasteiger partial charge is 0.0375 e. The molecule has 0 saturated heterocycles. The summed E-state index contributed by atoms with van der Waals surface area (Å²) >= 11 is 3.70. The van der Waals surface area contributed by atoms with Gasteiger partial charge in [0, 0.05) is 30.3 Å². The Balaban J connectivity index is 2.58. The van der Waals surface area contributed by atoms with Crippen LogP contribution in [0.2, 0.25) is 0 Å². The van der Waals surface area contributed by atoms with E-state index in [-0.39, 0.29) is 0 Å². The molecule has 0 aliphatic heterocycles. The third-order valence-electron chi connectivity index (χ3n) is 3.39. The predicted molar refractivity (Wildman–Crippen MR) is 93.4 cm³/mol. The lowest BCUT2D eigenvalue weighted by atomic mass is 10.1. The van der Waals surface area contributed by atoms with Crippen molar-refractivity contribution in [2.45, 2.75) is 40.7 Å². The lowest BCUT2D eigenvalue weighted by Crippen LogP contribution is -2.21. The summed E-state index contributed by atoms with van der Waals surface area (Å²) < 4.78 is 1.20. The number of hydrogen-bond donors (Lipinski definition) is 1. The quantitative estimate of drug-likeness (QED) is 0.739. The van der Waals surface area contributed by atoms with E-state index in [4.69, 9.17) is 0 Å². The van der Waals surface area contributed by atoms with Crippen molar-refractivity contribution in [3.63, 3.8) is 0 Å². The second-order valence-corrected chi connectivity index (χ2v) is 7.26. The molecule has 0 aliphatic rings. The minimum absolute atomic E-state index is 0.690. The van der Waals surface area contributed by atoms with Crippen molar-refractivity contribution >= 4 is 21.6 Å². The fourth-order valence-corrected chi connectivity index (χ4v) is 2.50. The van der Waals surface area contributed by atoms with Crippen molar-refractivity contribution < 1.29 is 0 Å². The number of halogens is 1. The summed E-state index contributed by atoms with van der Waals surface area (Å²) in [7, 11) is 2.17. The maximum atomic E-state index is 3.70. The molecule has 1 aromatic carbocycles. The van der Waals surface area contributed by atoms with Gasteiger partial charge < -0.3 is 10.2 Å². The molecule has 0 atom stereocenters. The van der Waals surface area contributed by atoms with Crippen LogP contribution in [0.3, 0.4) is 0 Å².